The number of anilines is 2. The van der Waals surface area contributed by atoms with Crippen LogP contribution in [0, 0.1) is 6.92 Å². The van der Waals surface area contributed by atoms with Crippen molar-refractivity contribution in [2.24, 2.45) is 0 Å². The monoisotopic (exact) mass is 258 g/mol. The SMILES string of the molecule is CC(=O)Nc1ccc(NC(=O)c2nc[nH]c2C)cc1. The Morgan fingerprint density at radius 1 is 1.11 bits per heavy atom. The molecule has 3 N–H and O–H groups in total. The average Bonchev–Trinajstić information content (AvgIpc) is 2.77. The van der Waals surface area contributed by atoms with E-state index in [1.165, 1.54) is 13.3 Å². The number of imidazole rings is 1. The minimum Gasteiger partial charge on any atom is -0.348 e. The summed E-state index contributed by atoms with van der Waals surface area (Å²) in [7, 11) is 0. The molecule has 2 rings (SSSR count). The quantitative estimate of drug-likeness (QED) is 0.786. The fourth-order valence-corrected chi connectivity index (χ4v) is 1.62. The molecule has 0 unspecified atom stereocenters. The van der Waals surface area contributed by atoms with Crippen LogP contribution in [0.3, 0.4) is 0 Å². The molecule has 0 saturated heterocycles. The second kappa shape index (κ2) is 5.34. The maximum absolute atomic E-state index is 11.9. The van der Waals surface area contributed by atoms with Crippen molar-refractivity contribution < 1.29 is 9.59 Å². The number of hydrogen-bond acceptors (Lipinski definition) is 3. The highest BCUT2D eigenvalue weighted by Gasteiger charge is 2.11. The van der Waals surface area contributed by atoms with E-state index in [1.807, 2.05) is 0 Å². The lowest BCUT2D eigenvalue weighted by Crippen LogP contribution is -2.13. The Morgan fingerprint density at radius 2 is 1.68 bits per heavy atom. The Kier molecular flexibility index (Phi) is 3.61. The van der Waals surface area contributed by atoms with Gasteiger partial charge in [-0.3, -0.25) is 9.59 Å². The second-order valence-corrected chi connectivity index (χ2v) is 4.09. The van der Waals surface area contributed by atoms with Crippen molar-refractivity contribution in [2.75, 3.05) is 10.6 Å². The molecule has 0 fully saturated rings. The number of rotatable bonds is 3. The summed E-state index contributed by atoms with van der Waals surface area (Å²) < 4.78 is 0. The summed E-state index contributed by atoms with van der Waals surface area (Å²) in [5.41, 5.74) is 2.40. The molecular weight excluding hydrogens is 244 g/mol. The first-order valence-corrected chi connectivity index (χ1v) is 5.75. The molecule has 19 heavy (non-hydrogen) atoms. The number of hydrogen-bond donors (Lipinski definition) is 3. The number of benzene rings is 1. The molecule has 2 amide bonds. The minimum atomic E-state index is -0.272. The number of amides is 2. The van der Waals surface area contributed by atoms with Crippen molar-refractivity contribution in [3.8, 4) is 0 Å². The fraction of sp³-hybridized carbons (Fsp3) is 0.154. The van der Waals surface area contributed by atoms with Crippen LogP contribution >= 0.6 is 0 Å². The van der Waals surface area contributed by atoms with Gasteiger partial charge in [-0.2, -0.15) is 0 Å². The van der Waals surface area contributed by atoms with E-state index in [0.717, 1.165) is 0 Å². The van der Waals surface area contributed by atoms with E-state index in [0.29, 0.717) is 22.8 Å². The van der Waals surface area contributed by atoms with Crippen LogP contribution in [0.4, 0.5) is 11.4 Å². The largest absolute Gasteiger partial charge is 0.348 e. The number of aryl methyl sites for hydroxylation is 1. The van der Waals surface area contributed by atoms with E-state index in [9.17, 15) is 9.59 Å². The summed E-state index contributed by atoms with van der Waals surface area (Å²) in [4.78, 5) is 29.6. The summed E-state index contributed by atoms with van der Waals surface area (Å²) in [6.45, 7) is 3.22. The van der Waals surface area contributed by atoms with Gasteiger partial charge in [-0.25, -0.2) is 4.98 Å². The number of nitrogens with one attached hydrogen (secondary N) is 3. The number of H-pyrrole nitrogens is 1. The summed E-state index contributed by atoms with van der Waals surface area (Å²) >= 11 is 0. The molecule has 0 saturated carbocycles. The van der Waals surface area contributed by atoms with Gasteiger partial charge in [0.15, 0.2) is 0 Å². The highest BCUT2D eigenvalue weighted by Crippen LogP contribution is 2.14. The van der Waals surface area contributed by atoms with Crippen LogP contribution < -0.4 is 10.6 Å². The minimum absolute atomic E-state index is 0.135. The molecule has 0 radical (unpaired) electrons. The first-order valence-electron chi connectivity index (χ1n) is 5.75. The number of nitrogens with zero attached hydrogens (tertiary/aromatic N) is 1. The zero-order valence-corrected chi connectivity index (χ0v) is 10.7. The standard InChI is InChI=1S/C13H14N4O2/c1-8-12(15-7-14-8)13(19)17-11-5-3-10(4-6-11)16-9(2)18/h3-7H,1-2H3,(H,14,15)(H,16,18)(H,17,19). The Morgan fingerprint density at radius 3 is 2.16 bits per heavy atom. The molecule has 0 bridgehead atoms. The maximum atomic E-state index is 11.9. The predicted molar refractivity (Wildman–Crippen MR) is 72.0 cm³/mol. The lowest BCUT2D eigenvalue weighted by atomic mass is 10.2. The van der Waals surface area contributed by atoms with Gasteiger partial charge in [0.2, 0.25) is 5.91 Å². The smallest absolute Gasteiger partial charge is 0.276 e. The van der Waals surface area contributed by atoms with E-state index in [4.69, 9.17) is 0 Å². The lowest BCUT2D eigenvalue weighted by Gasteiger charge is -2.06. The third-order valence-corrected chi connectivity index (χ3v) is 2.51. The zero-order chi connectivity index (χ0) is 13.8. The molecule has 0 spiro atoms. The van der Waals surface area contributed by atoms with E-state index in [-0.39, 0.29) is 11.8 Å². The normalized spacial score (nSPS) is 10.0. The van der Waals surface area contributed by atoms with Crippen molar-refractivity contribution in [1.29, 1.82) is 0 Å². The third kappa shape index (κ3) is 3.19. The van der Waals surface area contributed by atoms with E-state index < -0.39 is 0 Å². The summed E-state index contributed by atoms with van der Waals surface area (Å²) in [6.07, 6.45) is 1.48. The van der Waals surface area contributed by atoms with Crippen molar-refractivity contribution in [1.82, 2.24) is 9.97 Å². The van der Waals surface area contributed by atoms with Crippen molar-refractivity contribution in [3.05, 3.63) is 42.0 Å². The van der Waals surface area contributed by atoms with Crippen LogP contribution in [0.5, 0.6) is 0 Å². The Bertz CT molecular complexity index is 601. The van der Waals surface area contributed by atoms with Crippen LogP contribution in [0.1, 0.15) is 23.1 Å². The van der Waals surface area contributed by atoms with Crippen LogP contribution in [-0.4, -0.2) is 21.8 Å². The van der Waals surface area contributed by atoms with Gasteiger partial charge in [-0.05, 0) is 31.2 Å². The molecule has 6 heteroatoms. The molecule has 6 nitrogen and oxygen atoms in total. The molecule has 0 aliphatic carbocycles. The number of aromatic nitrogens is 2. The number of aromatic amines is 1. The highest BCUT2D eigenvalue weighted by molar-refractivity contribution is 6.03. The summed E-state index contributed by atoms with van der Waals surface area (Å²) in [6, 6.07) is 6.86. The van der Waals surface area contributed by atoms with E-state index in [2.05, 4.69) is 20.6 Å². The summed E-state index contributed by atoms with van der Waals surface area (Å²) in [5, 5.41) is 5.38. The van der Waals surface area contributed by atoms with Crippen molar-refractivity contribution in [3.63, 3.8) is 0 Å². The van der Waals surface area contributed by atoms with E-state index in [1.54, 1.807) is 31.2 Å². The zero-order valence-electron chi connectivity index (χ0n) is 10.7. The van der Waals surface area contributed by atoms with Gasteiger partial charge in [0.05, 0.1) is 6.33 Å². The van der Waals surface area contributed by atoms with Crippen molar-refractivity contribution in [2.45, 2.75) is 13.8 Å². The van der Waals surface area contributed by atoms with Gasteiger partial charge in [-0.1, -0.05) is 0 Å². The van der Waals surface area contributed by atoms with E-state index >= 15 is 0 Å². The molecule has 0 aliphatic heterocycles. The molecule has 0 atom stereocenters. The molecule has 2 aromatic rings. The summed E-state index contributed by atoms with van der Waals surface area (Å²) in [5.74, 6) is -0.407. The first-order chi connectivity index (χ1) is 9.06. The molecule has 1 aromatic heterocycles. The third-order valence-electron chi connectivity index (χ3n) is 2.51. The Balaban J connectivity index is 2.06. The van der Waals surface area contributed by atoms with Crippen molar-refractivity contribution >= 4 is 23.2 Å². The first kappa shape index (κ1) is 12.8. The molecule has 98 valence electrons. The topological polar surface area (TPSA) is 86.9 Å². The number of carbonyl (C=O) groups is 2. The molecular formula is C13H14N4O2. The van der Waals surface area contributed by atoms with Crippen LogP contribution in [0.25, 0.3) is 0 Å². The Hall–Kier alpha value is -2.63. The fourth-order valence-electron chi connectivity index (χ4n) is 1.62. The Labute approximate surface area is 110 Å². The van der Waals surface area contributed by atoms with Gasteiger partial charge in [0, 0.05) is 24.0 Å². The number of carbonyl (C=O) groups excluding carboxylic acids is 2. The predicted octanol–water partition coefficient (Wildman–Crippen LogP) is 1.93. The molecule has 1 aromatic carbocycles. The maximum Gasteiger partial charge on any atom is 0.276 e. The second-order valence-electron chi connectivity index (χ2n) is 4.09. The molecule has 0 aliphatic rings. The van der Waals surface area contributed by atoms with Gasteiger partial charge in [0.25, 0.3) is 5.91 Å². The highest BCUT2D eigenvalue weighted by atomic mass is 16.2. The van der Waals surface area contributed by atoms with Gasteiger partial charge < -0.3 is 15.6 Å². The van der Waals surface area contributed by atoms with Crippen LogP contribution in [0.15, 0.2) is 30.6 Å². The molecule has 1 heterocycles. The van der Waals surface area contributed by atoms with Gasteiger partial charge in [-0.15, -0.1) is 0 Å². The lowest BCUT2D eigenvalue weighted by molar-refractivity contribution is -0.114. The van der Waals surface area contributed by atoms with Crippen LogP contribution in [0.2, 0.25) is 0 Å². The van der Waals surface area contributed by atoms with Gasteiger partial charge >= 0.3 is 0 Å². The van der Waals surface area contributed by atoms with Crippen LogP contribution in [-0.2, 0) is 4.79 Å². The van der Waals surface area contributed by atoms with Gasteiger partial charge in [0.1, 0.15) is 5.69 Å². The average molecular weight is 258 g/mol.